The van der Waals surface area contributed by atoms with E-state index >= 15 is 0 Å². The van der Waals surface area contributed by atoms with Gasteiger partial charge in [0.2, 0.25) is 0 Å². The maximum absolute atomic E-state index is 13.2. The van der Waals surface area contributed by atoms with Crippen molar-refractivity contribution in [1.29, 1.82) is 0 Å². The first-order chi connectivity index (χ1) is 15.4. The number of hydrogen-bond acceptors (Lipinski definition) is 3. The number of anilines is 2. The summed E-state index contributed by atoms with van der Waals surface area (Å²) in [6.07, 6.45) is 0.602. The third kappa shape index (κ3) is 6.31. The van der Waals surface area contributed by atoms with Crippen molar-refractivity contribution in [2.45, 2.75) is 13.0 Å². The van der Waals surface area contributed by atoms with E-state index in [1.54, 1.807) is 18.1 Å². The molecule has 0 bridgehead atoms. The van der Waals surface area contributed by atoms with Gasteiger partial charge in [-0.05, 0) is 53.9 Å². The van der Waals surface area contributed by atoms with Crippen molar-refractivity contribution < 1.29 is 9.53 Å². The summed E-state index contributed by atoms with van der Waals surface area (Å²) in [5, 5.41) is 4.15. The lowest BCUT2D eigenvalue weighted by Crippen LogP contribution is -2.36. The minimum absolute atomic E-state index is 0.212. The van der Waals surface area contributed by atoms with Gasteiger partial charge in [0.25, 0.3) is 0 Å². The summed E-state index contributed by atoms with van der Waals surface area (Å²) in [4.78, 5) is 17.0. The summed E-state index contributed by atoms with van der Waals surface area (Å²) in [5.41, 5.74) is 3.70. The molecule has 0 aliphatic rings. The molecule has 0 aromatic heterocycles. The van der Waals surface area contributed by atoms with Crippen LogP contribution in [0.2, 0.25) is 10.0 Å². The molecule has 3 rings (SSSR count). The molecule has 0 aliphatic heterocycles. The summed E-state index contributed by atoms with van der Waals surface area (Å²) in [5.74, 6) is 0.608. The van der Waals surface area contributed by atoms with Gasteiger partial charge in [-0.3, -0.25) is 0 Å². The number of urea groups is 1. The zero-order chi connectivity index (χ0) is 23.1. The van der Waals surface area contributed by atoms with E-state index < -0.39 is 0 Å². The zero-order valence-electron chi connectivity index (χ0n) is 18.4. The van der Waals surface area contributed by atoms with Gasteiger partial charge in [0, 0.05) is 42.9 Å². The Morgan fingerprint density at radius 2 is 1.72 bits per heavy atom. The molecule has 5 nitrogen and oxygen atoms in total. The first-order valence-corrected chi connectivity index (χ1v) is 11.0. The second kappa shape index (κ2) is 11.1. The Labute approximate surface area is 199 Å². The van der Waals surface area contributed by atoms with Crippen molar-refractivity contribution in [2.75, 3.05) is 38.0 Å². The quantitative estimate of drug-likeness (QED) is 0.416. The highest BCUT2D eigenvalue weighted by molar-refractivity contribution is 6.35. The van der Waals surface area contributed by atoms with Gasteiger partial charge >= 0.3 is 6.03 Å². The van der Waals surface area contributed by atoms with E-state index in [4.69, 9.17) is 27.9 Å². The van der Waals surface area contributed by atoms with Gasteiger partial charge in [-0.15, -0.1) is 0 Å². The van der Waals surface area contributed by atoms with E-state index in [1.165, 1.54) is 0 Å². The molecular weight excluding hydrogens is 445 g/mol. The second-order valence-corrected chi connectivity index (χ2v) is 8.44. The van der Waals surface area contributed by atoms with Crippen LogP contribution in [0.25, 0.3) is 0 Å². The van der Waals surface area contributed by atoms with Crippen molar-refractivity contribution in [3.8, 4) is 5.75 Å². The smallest absolute Gasteiger partial charge is 0.322 e. The van der Waals surface area contributed by atoms with Crippen LogP contribution >= 0.6 is 23.2 Å². The highest BCUT2D eigenvalue weighted by Gasteiger charge is 2.17. The van der Waals surface area contributed by atoms with E-state index in [-0.39, 0.29) is 6.03 Å². The van der Waals surface area contributed by atoms with Gasteiger partial charge in [0.05, 0.1) is 12.8 Å². The van der Waals surface area contributed by atoms with Crippen molar-refractivity contribution in [3.63, 3.8) is 0 Å². The number of ether oxygens (including phenoxy) is 1. The van der Waals surface area contributed by atoms with Crippen LogP contribution < -0.4 is 15.0 Å². The molecule has 2 amide bonds. The number of hydrogen-bond donors (Lipinski definition) is 1. The van der Waals surface area contributed by atoms with Gasteiger partial charge < -0.3 is 19.9 Å². The van der Waals surface area contributed by atoms with E-state index in [0.717, 1.165) is 16.8 Å². The van der Waals surface area contributed by atoms with Crippen LogP contribution in [0.5, 0.6) is 5.75 Å². The number of nitrogens with zero attached hydrogens (tertiary/aromatic N) is 2. The number of rotatable bonds is 8. The second-order valence-electron chi connectivity index (χ2n) is 7.60. The minimum atomic E-state index is -0.212. The van der Waals surface area contributed by atoms with Crippen molar-refractivity contribution in [3.05, 3.63) is 87.9 Å². The first-order valence-electron chi connectivity index (χ1n) is 10.3. The highest BCUT2D eigenvalue weighted by Crippen LogP contribution is 2.25. The summed E-state index contributed by atoms with van der Waals surface area (Å²) in [6.45, 7) is 0.942. The fourth-order valence-corrected chi connectivity index (χ4v) is 3.80. The molecule has 0 radical (unpaired) electrons. The molecule has 3 aromatic rings. The predicted octanol–water partition coefficient (Wildman–Crippen LogP) is 6.34. The number of halogens is 2. The van der Waals surface area contributed by atoms with Crippen LogP contribution in [0.3, 0.4) is 0 Å². The van der Waals surface area contributed by atoms with Crippen LogP contribution in [-0.2, 0) is 13.0 Å². The third-order valence-corrected chi connectivity index (χ3v) is 5.72. The molecule has 0 unspecified atom stereocenters. The van der Waals surface area contributed by atoms with Crippen molar-refractivity contribution >= 4 is 40.6 Å². The summed E-state index contributed by atoms with van der Waals surface area (Å²) >= 11 is 12.4. The van der Waals surface area contributed by atoms with Gasteiger partial charge in [0.15, 0.2) is 0 Å². The Hall–Kier alpha value is -2.89. The van der Waals surface area contributed by atoms with Crippen molar-refractivity contribution in [1.82, 2.24) is 4.90 Å². The van der Waals surface area contributed by atoms with Crippen LogP contribution in [0.4, 0.5) is 16.2 Å². The Morgan fingerprint density at radius 1 is 1.00 bits per heavy atom. The minimum Gasteiger partial charge on any atom is -0.495 e. The maximum atomic E-state index is 13.2. The molecule has 1 N–H and O–H groups in total. The number of methoxy groups -OCH3 is 1. The molecule has 0 saturated heterocycles. The predicted molar refractivity (Wildman–Crippen MR) is 133 cm³/mol. The normalized spacial score (nSPS) is 10.5. The molecule has 0 aliphatic carbocycles. The van der Waals surface area contributed by atoms with Crippen LogP contribution in [0.1, 0.15) is 11.1 Å². The molecule has 0 spiro atoms. The molecule has 168 valence electrons. The SMILES string of the molecule is COc1ccccc1NC(=O)N(CCc1ccc(Cl)cc1Cl)Cc1ccc(N(C)C)cc1. The van der Waals surface area contributed by atoms with Crippen LogP contribution in [-0.4, -0.2) is 38.7 Å². The standard InChI is InChI=1S/C25H27Cl2N3O2/c1-29(2)21-12-8-18(9-13-21)17-30(15-14-19-10-11-20(26)16-22(19)27)25(31)28-23-6-4-5-7-24(23)32-3/h4-13,16H,14-15,17H2,1-3H3,(H,28,31). The topological polar surface area (TPSA) is 44.8 Å². The molecule has 7 heteroatoms. The lowest BCUT2D eigenvalue weighted by Gasteiger charge is -2.24. The lowest BCUT2D eigenvalue weighted by molar-refractivity contribution is 0.209. The molecule has 0 saturated carbocycles. The Morgan fingerprint density at radius 3 is 2.38 bits per heavy atom. The number of carbonyl (C=O) groups excluding carboxylic acids is 1. The van der Waals surface area contributed by atoms with Gasteiger partial charge in [0.1, 0.15) is 5.75 Å². The van der Waals surface area contributed by atoms with E-state index in [9.17, 15) is 4.79 Å². The van der Waals surface area contributed by atoms with Gasteiger partial charge in [-0.25, -0.2) is 4.79 Å². The number of benzene rings is 3. The Kier molecular flexibility index (Phi) is 8.26. The Bertz CT molecular complexity index is 1060. The lowest BCUT2D eigenvalue weighted by atomic mass is 10.1. The fourth-order valence-electron chi connectivity index (χ4n) is 3.29. The number of nitrogens with one attached hydrogen (secondary N) is 1. The molecular formula is C25H27Cl2N3O2. The average molecular weight is 472 g/mol. The molecule has 0 heterocycles. The molecule has 0 atom stereocenters. The van der Waals surface area contributed by atoms with E-state index in [2.05, 4.69) is 5.32 Å². The van der Waals surface area contributed by atoms with Gasteiger partial charge in [-0.1, -0.05) is 53.5 Å². The largest absolute Gasteiger partial charge is 0.495 e. The Balaban J connectivity index is 1.79. The van der Waals surface area contributed by atoms with Crippen LogP contribution in [0.15, 0.2) is 66.7 Å². The average Bonchev–Trinajstić information content (AvgIpc) is 2.78. The monoisotopic (exact) mass is 471 g/mol. The van der Waals surface area contributed by atoms with Crippen LogP contribution in [0, 0.1) is 0 Å². The summed E-state index contributed by atoms with van der Waals surface area (Å²) in [6, 6.07) is 20.7. The zero-order valence-corrected chi connectivity index (χ0v) is 20.0. The first kappa shape index (κ1) is 23.8. The molecule has 0 fully saturated rings. The highest BCUT2D eigenvalue weighted by atomic mass is 35.5. The molecule has 32 heavy (non-hydrogen) atoms. The number of amides is 2. The maximum Gasteiger partial charge on any atom is 0.322 e. The van der Waals surface area contributed by atoms with Gasteiger partial charge in [-0.2, -0.15) is 0 Å². The summed E-state index contributed by atoms with van der Waals surface area (Å²) in [7, 11) is 5.58. The van der Waals surface area contributed by atoms with E-state index in [0.29, 0.717) is 41.0 Å². The fraction of sp³-hybridized carbons (Fsp3) is 0.240. The van der Waals surface area contributed by atoms with Crippen molar-refractivity contribution in [2.24, 2.45) is 0 Å². The number of para-hydroxylation sites is 2. The number of carbonyl (C=O) groups is 1. The summed E-state index contributed by atoms with van der Waals surface area (Å²) < 4.78 is 5.37. The third-order valence-electron chi connectivity index (χ3n) is 5.13. The van der Waals surface area contributed by atoms with E-state index in [1.807, 2.05) is 79.7 Å². The molecule has 3 aromatic carbocycles.